The lowest BCUT2D eigenvalue weighted by Crippen LogP contribution is -2.35. The van der Waals surface area contributed by atoms with Gasteiger partial charge in [0.25, 0.3) is 0 Å². The average molecular weight is 231 g/mol. The van der Waals surface area contributed by atoms with Gasteiger partial charge in [0.2, 0.25) is 5.91 Å². The Morgan fingerprint density at radius 1 is 1.47 bits per heavy atom. The predicted octanol–water partition coefficient (Wildman–Crippen LogP) is 2.37. The second-order valence-corrected chi connectivity index (χ2v) is 3.76. The third-order valence-corrected chi connectivity index (χ3v) is 2.59. The SMILES string of the molecule is CCCC(C#N)C(=O)N(CC)c1ccncc1. The molecule has 0 aliphatic carbocycles. The zero-order chi connectivity index (χ0) is 12.7. The Morgan fingerprint density at radius 3 is 2.59 bits per heavy atom. The Labute approximate surface area is 102 Å². The van der Waals surface area contributed by atoms with Gasteiger partial charge in [-0.15, -0.1) is 0 Å². The first kappa shape index (κ1) is 13.2. The van der Waals surface area contributed by atoms with Gasteiger partial charge in [0, 0.05) is 24.6 Å². The molecule has 0 spiro atoms. The van der Waals surface area contributed by atoms with Gasteiger partial charge >= 0.3 is 0 Å². The molecule has 17 heavy (non-hydrogen) atoms. The minimum Gasteiger partial charge on any atom is -0.311 e. The number of rotatable bonds is 5. The Morgan fingerprint density at radius 2 is 2.12 bits per heavy atom. The Balaban J connectivity index is 2.88. The fourth-order valence-electron chi connectivity index (χ4n) is 1.71. The maximum atomic E-state index is 12.2. The molecule has 0 aromatic carbocycles. The summed E-state index contributed by atoms with van der Waals surface area (Å²) in [4.78, 5) is 17.7. The molecule has 4 heteroatoms. The molecule has 1 rings (SSSR count). The molecule has 0 bridgehead atoms. The number of nitriles is 1. The molecule has 0 fully saturated rings. The van der Waals surface area contributed by atoms with Crippen LogP contribution >= 0.6 is 0 Å². The number of amides is 1. The zero-order valence-corrected chi connectivity index (χ0v) is 10.3. The fourth-order valence-corrected chi connectivity index (χ4v) is 1.71. The topological polar surface area (TPSA) is 57.0 Å². The van der Waals surface area contributed by atoms with E-state index in [4.69, 9.17) is 5.26 Å². The van der Waals surface area contributed by atoms with Crippen molar-refractivity contribution in [2.75, 3.05) is 11.4 Å². The quantitative estimate of drug-likeness (QED) is 0.781. The summed E-state index contributed by atoms with van der Waals surface area (Å²) in [5.41, 5.74) is 0.795. The normalized spacial score (nSPS) is 11.6. The molecule has 0 saturated carbocycles. The minimum absolute atomic E-state index is 0.122. The van der Waals surface area contributed by atoms with Crippen LogP contribution in [-0.2, 0) is 4.79 Å². The summed E-state index contributed by atoms with van der Waals surface area (Å²) in [6.07, 6.45) is 4.73. The standard InChI is InChI=1S/C13H17N3O/c1-3-5-11(10-14)13(17)16(4-2)12-6-8-15-9-7-12/h6-9,11H,3-5H2,1-2H3. The first-order valence-corrected chi connectivity index (χ1v) is 5.85. The molecule has 90 valence electrons. The first-order valence-electron chi connectivity index (χ1n) is 5.85. The van der Waals surface area contributed by atoms with Crippen LogP contribution in [-0.4, -0.2) is 17.4 Å². The highest BCUT2D eigenvalue weighted by Crippen LogP contribution is 2.17. The molecule has 0 radical (unpaired) electrons. The zero-order valence-electron chi connectivity index (χ0n) is 10.3. The molecule has 0 saturated heterocycles. The lowest BCUT2D eigenvalue weighted by atomic mass is 10.0. The van der Waals surface area contributed by atoms with Gasteiger partial charge in [-0.25, -0.2) is 0 Å². The molecule has 4 nitrogen and oxygen atoms in total. The highest BCUT2D eigenvalue weighted by molar-refractivity contribution is 5.96. The van der Waals surface area contributed by atoms with Crippen LogP contribution in [0.25, 0.3) is 0 Å². The highest BCUT2D eigenvalue weighted by Gasteiger charge is 2.23. The van der Waals surface area contributed by atoms with E-state index in [1.165, 1.54) is 0 Å². The molecule has 0 N–H and O–H groups in total. The van der Waals surface area contributed by atoms with E-state index in [-0.39, 0.29) is 5.91 Å². The van der Waals surface area contributed by atoms with Gasteiger partial charge in [0.15, 0.2) is 0 Å². The van der Waals surface area contributed by atoms with Crippen LogP contribution in [0.3, 0.4) is 0 Å². The monoisotopic (exact) mass is 231 g/mol. The van der Waals surface area contributed by atoms with Crippen molar-refractivity contribution >= 4 is 11.6 Å². The Hall–Kier alpha value is -1.89. The van der Waals surface area contributed by atoms with E-state index >= 15 is 0 Å². The molecule has 1 atom stereocenters. The number of nitrogens with zero attached hydrogens (tertiary/aromatic N) is 3. The van der Waals surface area contributed by atoms with Gasteiger partial charge in [-0.3, -0.25) is 9.78 Å². The van der Waals surface area contributed by atoms with E-state index in [9.17, 15) is 4.79 Å². The van der Waals surface area contributed by atoms with E-state index in [0.717, 1.165) is 12.1 Å². The number of hydrogen-bond donors (Lipinski definition) is 0. The van der Waals surface area contributed by atoms with E-state index in [1.807, 2.05) is 13.8 Å². The molecular weight excluding hydrogens is 214 g/mol. The van der Waals surface area contributed by atoms with Gasteiger partial charge in [-0.1, -0.05) is 13.3 Å². The molecule has 0 aliphatic heterocycles. The van der Waals surface area contributed by atoms with Crippen molar-refractivity contribution in [3.8, 4) is 6.07 Å². The van der Waals surface area contributed by atoms with Crippen molar-refractivity contribution in [3.05, 3.63) is 24.5 Å². The van der Waals surface area contributed by atoms with E-state index < -0.39 is 5.92 Å². The van der Waals surface area contributed by atoms with Crippen molar-refractivity contribution in [3.63, 3.8) is 0 Å². The molecule has 1 aromatic rings. The van der Waals surface area contributed by atoms with Crippen LogP contribution in [0.4, 0.5) is 5.69 Å². The van der Waals surface area contributed by atoms with Gasteiger partial charge < -0.3 is 4.90 Å². The van der Waals surface area contributed by atoms with E-state index in [0.29, 0.717) is 13.0 Å². The number of pyridine rings is 1. The molecule has 1 heterocycles. The summed E-state index contributed by atoms with van der Waals surface area (Å²) in [5, 5.41) is 9.01. The summed E-state index contributed by atoms with van der Waals surface area (Å²) in [7, 11) is 0. The first-order chi connectivity index (χ1) is 8.24. The Kier molecular flexibility index (Phi) is 5.15. The van der Waals surface area contributed by atoms with Crippen LogP contribution in [0.5, 0.6) is 0 Å². The highest BCUT2D eigenvalue weighted by atomic mass is 16.2. The summed E-state index contributed by atoms with van der Waals surface area (Å²) >= 11 is 0. The van der Waals surface area contributed by atoms with Gasteiger partial charge in [-0.05, 0) is 25.5 Å². The number of anilines is 1. The average Bonchev–Trinajstić information content (AvgIpc) is 2.38. The Bertz CT molecular complexity index is 397. The van der Waals surface area contributed by atoms with Gasteiger partial charge in [0.05, 0.1) is 6.07 Å². The van der Waals surface area contributed by atoms with Crippen molar-refractivity contribution < 1.29 is 4.79 Å². The van der Waals surface area contributed by atoms with Crippen LogP contribution in [0, 0.1) is 17.2 Å². The van der Waals surface area contributed by atoms with Crippen molar-refractivity contribution in [1.82, 2.24) is 4.98 Å². The third-order valence-electron chi connectivity index (χ3n) is 2.59. The lowest BCUT2D eigenvalue weighted by molar-refractivity contribution is -0.120. The molecule has 0 aliphatic rings. The summed E-state index contributed by atoms with van der Waals surface area (Å²) < 4.78 is 0. The summed E-state index contributed by atoms with van der Waals surface area (Å²) in [6.45, 7) is 4.43. The lowest BCUT2D eigenvalue weighted by Gasteiger charge is -2.23. The fraction of sp³-hybridized carbons (Fsp3) is 0.462. The maximum absolute atomic E-state index is 12.2. The third kappa shape index (κ3) is 3.28. The molecular formula is C13H17N3O. The van der Waals surface area contributed by atoms with E-state index in [1.54, 1.807) is 29.4 Å². The number of hydrogen-bond acceptors (Lipinski definition) is 3. The molecule has 1 amide bonds. The number of carbonyl (C=O) groups excluding carboxylic acids is 1. The van der Waals surface area contributed by atoms with Crippen LogP contribution in [0.1, 0.15) is 26.7 Å². The second kappa shape index (κ2) is 6.64. The van der Waals surface area contributed by atoms with Gasteiger partial charge in [0.1, 0.15) is 5.92 Å². The second-order valence-electron chi connectivity index (χ2n) is 3.76. The minimum atomic E-state index is -0.548. The van der Waals surface area contributed by atoms with Crippen molar-refractivity contribution in [2.24, 2.45) is 5.92 Å². The van der Waals surface area contributed by atoms with Crippen molar-refractivity contribution in [2.45, 2.75) is 26.7 Å². The number of carbonyl (C=O) groups is 1. The largest absolute Gasteiger partial charge is 0.311 e. The smallest absolute Gasteiger partial charge is 0.244 e. The summed E-state index contributed by atoms with van der Waals surface area (Å²) in [6, 6.07) is 5.64. The van der Waals surface area contributed by atoms with Crippen LogP contribution in [0.2, 0.25) is 0 Å². The predicted molar refractivity (Wildman–Crippen MR) is 66.3 cm³/mol. The molecule has 1 unspecified atom stereocenters. The van der Waals surface area contributed by atoms with Gasteiger partial charge in [-0.2, -0.15) is 5.26 Å². The van der Waals surface area contributed by atoms with E-state index in [2.05, 4.69) is 11.1 Å². The van der Waals surface area contributed by atoms with Crippen molar-refractivity contribution in [1.29, 1.82) is 5.26 Å². The summed E-state index contributed by atoms with van der Waals surface area (Å²) in [5.74, 6) is -0.670. The maximum Gasteiger partial charge on any atom is 0.244 e. The molecule has 1 aromatic heterocycles. The van der Waals surface area contributed by atoms with Crippen LogP contribution in [0.15, 0.2) is 24.5 Å². The number of aromatic nitrogens is 1. The van der Waals surface area contributed by atoms with Crippen LogP contribution < -0.4 is 4.90 Å².